The van der Waals surface area contributed by atoms with Crippen LogP contribution in [0.4, 0.5) is 0 Å². The molecule has 2 heteroatoms. The summed E-state index contributed by atoms with van der Waals surface area (Å²) in [6.07, 6.45) is 1.91. The number of rotatable bonds is 4. The van der Waals surface area contributed by atoms with Gasteiger partial charge >= 0.3 is 0 Å². The third-order valence-corrected chi connectivity index (χ3v) is 4.08. The molecular weight excluding hydrogens is 246 g/mol. The average molecular weight is 265 g/mol. The molecule has 2 nitrogen and oxygen atoms in total. The van der Waals surface area contributed by atoms with Crippen LogP contribution in [0.2, 0.25) is 0 Å². The fourth-order valence-corrected chi connectivity index (χ4v) is 2.59. The van der Waals surface area contributed by atoms with Gasteiger partial charge in [-0.15, -0.1) is 0 Å². The lowest BCUT2D eigenvalue weighted by Gasteiger charge is -2.16. The first-order chi connectivity index (χ1) is 9.71. The number of nitrogens with one attached hydrogen (secondary N) is 1. The molecule has 1 fully saturated rings. The molecule has 20 heavy (non-hydrogen) atoms. The number of amides is 1. The minimum absolute atomic E-state index is 0.158. The molecule has 2 aromatic carbocycles. The number of hydrogen-bond donors (Lipinski definition) is 1. The van der Waals surface area contributed by atoms with E-state index in [-0.39, 0.29) is 11.3 Å². The number of carbonyl (C=O) groups excluding carboxylic acids is 1. The Labute approximate surface area is 119 Å². The van der Waals surface area contributed by atoms with Crippen LogP contribution in [0.25, 0.3) is 0 Å². The maximum Gasteiger partial charge on any atom is 0.230 e. The Hall–Kier alpha value is -2.09. The molecular formula is C18H19NO. The molecule has 1 N–H and O–H groups in total. The van der Waals surface area contributed by atoms with E-state index in [1.807, 2.05) is 30.3 Å². The van der Waals surface area contributed by atoms with E-state index in [9.17, 15) is 4.79 Å². The summed E-state index contributed by atoms with van der Waals surface area (Å²) >= 11 is 0. The van der Waals surface area contributed by atoms with Gasteiger partial charge in [0.2, 0.25) is 5.91 Å². The van der Waals surface area contributed by atoms with Crippen molar-refractivity contribution in [3.05, 3.63) is 71.3 Å². The molecule has 0 heterocycles. The van der Waals surface area contributed by atoms with E-state index in [0.717, 1.165) is 24.0 Å². The van der Waals surface area contributed by atoms with Crippen LogP contribution in [0.1, 0.15) is 29.5 Å². The number of carbonyl (C=O) groups is 1. The molecule has 0 aromatic heterocycles. The van der Waals surface area contributed by atoms with Crippen molar-refractivity contribution in [3.63, 3.8) is 0 Å². The van der Waals surface area contributed by atoms with Crippen molar-refractivity contribution in [2.75, 3.05) is 0 Å². The summed E-state index contributed by atoms with van der Waals surface area (Å²) in [6.45, 7) is 2.67. The van der Waals surface area contributed by atoms with E-state index in [2.05, 4.69) is 36.5 Å². The largest absolute Gasteiger partial charge is 0.351 e. The summed E-state index contributed by atoms with van der Waals surface area (Å²) < 4.78 is 0. The summed E-state index contributed by atoms with van der Waals surface area (Å²) in [5.74, 6) is 0.158. The highest BCUT2D eigenvalue weighted by Crippen LogP contribution is 2.48. The van der Waals surface area contributed by atoms with E-state index in [1.54, 1.807) is 0 Å². The predicted molar refractivity (Wildman–Crippen MR) is 80.4 cm³/mol. The molecule has 1 aliphatic rings. The summed E-state index contributed by atoms with van der Waals surface area (Å²) in [5.41, 5.74) is 3.24. The Bertz CT molecular complexity index is 597. The van der Waals surface area contributed by atoms with Crippen molar-refractivity contribution < 1.29 is 4.79 Å². The molecule has 0 spiro atoms. The Kier molecular flexibility index (Phi) is 3.31. The standard InChI is InChI=1S/C18H19NO/c1-14-7-9-16(10-8-14)18(11-12-18)17(20)19-13-15-5-3-2-4-6-15/h2-10H,11-13H2,1H3,(H,19,20). The van der Waals surface area contributed by atoms with Crippen molar-refractivity contribution in [2.24, 2.45) is 0 Å². The smallest absolute Gasteiger partial charge is 0.230 e. The first kappa shape index (κ1) is 12.9. The van der Waals surface area contributed by atoms with Gasteiger partial charge in [-0.05, 0) is 30.9 Å². The average Bonchev–Trinajstić information content (AvgIpc) is 3.28. The normalized spacial score (nSPS) is 15.7. The highest BCUT2D eigenvalue weighted by Gasteiger charge is 2.50. The van der Waals surface area contributed by atoms with Gasteiger partial charge in [0.05, 0.1) is 5.41 Å². The van der Waals surface area contributed by atoms with Gasteiger partial charge in [-0.3, -0.25) is 4.79 Å². The van der Waals surface area contributed by atoms with Gasteiger partial charge in [0.15, 0.2) is 0 Å². The van der Waals surface area contributed by atoms with E-state index >= 15 is 0 Å². The molecule has 102 valence electrons. The molecule has 0 bridgehead atoms. The number of benzene rings is 2. The summed E-state index contributed by atoms with van der Waals surface area (Å²) in [5, 5.41) is 3.08. The highest BCUT2D eigenvalue weighted by molar-refractivity contribution is 5.91. The van der Waals surface area contributed by atoms with Crippen LogP contribution >= 0.6 is 0 Å². The third kappa shape index (κ3) is 2.46. The Morgan fingerprint density at radius 2 is 1.70 bits per heavy atom. The van der Waals surface area contributed by atoms with Gasteiger partial charge in [-0.2, -0.15) is 0 Å². The second-order valence-corrected chi connectivity index (χ2v) is 5.62. The van der Waals surface area contributed by atoms with Gasteiger partial charge in [-0.25, -0.2) is 0 Å². The van der Waals surface area contributed by atoms with Gasteiger partial charge in [0.1, 0.15) is 0 Å². The first-order valence-corrected chi connectivity index (χ1v) is 7.10. The third-order valence-electron chi connectivity index (χ3n) is 4.08. The Balaban J connectivity index is 1.69. The minimum Gasteiger partial charge on any atom is -0.351 e. The molecule has 0 unspecified atom stereocenters. The Morgan fingerprint density at radius 3 is 2.30 bits per heavy atom. The number of aryl methyl sites for hydroxylation is 1. The first-order valence-electron chi connectivity index (χ1n) is 7.10. The molecule has 1 amide bonds. The maximum absolute atomic E-state index is 12.5. The molecule has 3 rings (SSSR count). The summed E-state index contributed by atoms with van der Waals surface area (Å²) in [4.78, 5) is 12.5. The molecule has 1 aliphatic carbocycles. The summed E-state index contributed by atoms with van der Waals surface area (Å²) in [6, 6.07) is 18.4. The molecule has 1 saturated carbocycles. The molecule has 0 radical (unpaired) electrons. The Morgan fingerprint density at radius 1 is 1.05 bits per heavy atom. The number of hydrogen-bond acceptors (Lipinski definition) is 1. The van der Waals surface area contributed by atoms with E-state index < -0.39 is 0 Å². The van der Waals surface area contributed by atoms with Crippen molar-refractivity contribution in [1.82, 2.24) is 5.32 Å². The van der Waals surface area contributed by atoms with E-state index in [4.69, 9.17) is 0 Å². The lowest BCUT2D eigenvalue weighted by atomic mass is 9.94. The van der Waals surface area contributed by atoms with Crippen LogP contribution in [0.3, 0.4) is 0 Å². The second-order valence-electron chi connectivity index (χ2n) is 5.62. The van der Waals surface area contributed by atoms with Crippen LogP contribution in [0.15, 0.2) is 54.6 Å². The van der Waals surface area contributed by atoms with Gasteiger partial charge in [0, 0.05) is 6.54 Å². The monoisotopic (exact) mass is 265 g/mol. The van der Waals surface area contributed by atoms with Crippen molar-refractivity contribution in [3.8, 4) is 0 Å². The van der Waals surface area contributed by atoms with Crippen LogP contribution < -0.4 is 5.32 Å². The fourth-order valence-electron chi connectivity index (χ4n) is 2.59. The maximum atomic E-state index is 12.5. The van der Waals surface area contributed by atoms with Gasteiger partial charge < -0.3 is 5.32 Å². The van der Waals surface area contributed by atoms with E-state index in [0.29, 0.717) is 6.54 Å². The van der Waals surface area contributed by atoms with Crippen LogP contribution in [0, 0.1) is 6.92 Å². The van der Waals surface area contributed by atoms with Crippen LogP contribution in [-0.2, 0) is 16.8 Å². The zero-order chi connectivity index (χ0) is 14.0. The topological polar surface area (TPSA) is 29.1 Å². The lowest BCUT2D eigenvalue weighted by Crippen LogP contribution is -2.34. The van der Waals surface area contributed by atoms with Crippen molar-refractivity contribution in [2.45, 2.75) is 31.7 Å². The van der Waals surface area contributed by atoms with Crippen molar-refractivity contribution in [1.29, 1.82) is 0 Å². The van der Waals surface area contributed by atoms with Crippen LogP contribution in [0.5, 0.6) is 0 Å². The van der Waals surface area contributed by atoms with Crippen LogP contribution in [-0.4, -0.2) is 5.91 Å². The zero-order valence-electron chi connectivity index (χ0n) is 11.7. The molecule has 0 saturated heterocycles. The van der Waals surface area contributed by atoms with E-state index in [1.165, 1.54) is 5.56 Å². The van der Waals surface area contributed by atoms with Gasteiger partial charge in [0.25, 0.3) is 0 Å². The second kappa shape index (κ2) is 5.12. The SMILES string of the molecule is Cc1ccc(C2(C(=O)NCc3ccccc3)CC2)cc1. The fraction of sp³-hybridized carbons (Fsp3) is 0.278. The molecule has 0 aliphatic heterocycles. The predicted octanol–water partition coefficient (Wildman–Crippen LogP) is 3.34. The highest BCUT2D eigenvalue weighted by atomic mass is 16.2. The zero-order valence-corrected chi connectivity index (χ0v) is 11.7. The molecule has 2 aromatic rings. The molecule has 0 atom stereocenters. The van der Waals surface area contributed by atoms with Gasteiger partial charge in [-0.1, -0.05) is 60.2 Å². The lowest BCUT2D eigenvalue weighted by molar-refractivity contribution is -0.123. The summed E-state index contributed by atoms with van der Waals surface area (Å²) in [7, 11) is 0. The minimum atomic E-state index is -0.275. The quantitative estimate of drug-likeness (QED) is 0.902. The van der Waals surface area contributed by atoms with Crippen molar-refractivity contribution >= 4 is 5.91 Å².